The molecule has 194 valence electrons. The van der Waals surface area contributed by atoms with Crippen molar-refractivity contribution in [1.29, 1.82) is 0 Å². The van der Waals surface area contributed by atoms with Crippen molar-refractivity contribution in [2.24, 2.45) is 17.2 Å². The lowest BCUT2D eigenvalue weighted by Crippen LogP contribution is -2.55. The molecule has 0 aliphatic carbocycles. The number of amides is 6. The molecule has 12 N–H and O–H groups in total. The number of hydrogen-bond acceptors (Lipinski definition) is 7. The van der Waals surface area contributed by atoms with Crippen LogP contribution >= 0.6 is 0 Å². The topological polar surface area (TPSA) is 252 Å². The van der Waals surface area contributed by atoms with E-state index in [4.69, 9.17) is 17.2 Å². The quantitative estimate of drug-likeness (QED) is 0.125. The molecule has 1 aromatic rings. The number of nitrogens with two attached hydrogens (primary N) is 3. The van der Waals surface area contributed by atoms with Gasteiger partial charge >= 0.3 is 18.0 Å². The van der Waals surface area contributed by atoms with E-state index in [1.54, 1.807) is 12.1 Å². The minimum Gasteiger partial charge on any atom is -0.508 e. The molecule has 0 bridgehead atoms. The molecule has 35 heavy (non-hydrogen) atoms. The second kappa shape index (κ2) is 15.0. The lowest BCUT2D eigenvalue weighted by atomic mass is 10.0. The van der Waals surface area contributed by atoms with Gasteiger partial charge in [0.1, 0.15) is 17.8 Å². The number of benzene rings is 1. The number of rotatable bonds is 15. The van der Waals surface area contributed by atoms with Crippen molar-refractivity contribution in [3.05, 3.63) is 29.8 Å². The van der Waals surface area contributed by atoms with Crippen LogP contribution in [0.1, 0.15) is 31.2 Å². The molecule has 1 aromatic carbocycles. The van der Waals surface area contributed by atoms with E-state index in [-0.39, 0.29) is 50.9 Å². The van der Waals surface area contributed by atoms with Gasteiger partial charge in [0, 0.05) is 13.1 Å². The van der Waals surface area contributed by atoms with Gasteiger partial charge in [-0.15, -0.1) is 0 Å². The maximum absolute atomic E-state index is 12.8. The van der Waals surface area contributed by atoms with Gasteiger partial charge in [-0.05, 0) is 49.8 Å². The van der Waals surface area contributed by atoms with Crippen molar-refractivity contribution in [2.45, 2.75) is 50.2 Å². The molecule has 1 rings (SSSR count). The van der Waals surface area contributed by atoms with Crippen LogP contribution in [0.15, 0.2) is 24.3 Å². The fraction of sp³-hybridized carbons (Fsp3) is 0.476. The molecule has 0 aromatic heterocycles. The third kappa shape index (κ3) is 12.1. The first-order valence-corrected chi connectivity index (χ1v) is 10.9. The standard InChI is InChI=1S/C21H33N7O7/c22-14(11-12-5-7-13(29)8-6-12)17(30)27-15(3-1-9-25-20(23)34)18(31)28-16(19(32)33)4-2-10-26-21(24)35/h5-8,14-16,29H,1-4,9-11,22H2,(H,27,30)(H,28,31)(H,32,33)(H3,23,25,34)(H3,24,26,35)/t14-,15-,16-/m0/s1. The average Bonchev–Trinajstić information content (AvgIpc) is 2.78. The molecular formula is C21H33N7O7. The number of aliphatic carboxylic acids is 1. The van der Waals surface area contributed by atoms with E-state index in [9.17, 15) is 34.2 Å². The van der Waals surface area contributed by atoms with Crippen LogP contribution in [-0.2, 0) is 20.8 Å². The highest BCUT2D eigenvalue weighted by Crippen LogP contribution is 2.11. The lowest BCUT2D eigenvalue weighted by molar-refractivity contribution is -0.142. The number of carbonyl (C=O) groups excluding carboxylic acids is 4. The molecule has 6 amide bonds. The number of carboxylic acid groups (broad SMARTS) is 1. The van der Waals surface area contributed by atoms with Crippen LogP contribution < -0.4 is 38.5 Å². The molecule has 0 saturated heterocycles. The third-order valence-corrected chi connectivity index (χ3v) is 4.91. The third-order valence-electron chi connectivity index (χ3n) is 4.91. The largest absolute Gasteiger partial charge is 0.508 e. The van der Waals surface area contributed by atoms with Crippen LogP contribution in [-0.4, -0.2) is 71.3 Å². The Morgan fingerprint density at radius 3 is 1.77 bits per heavy atom. The minimum absolute atomic E-state index is 0.00557. The molecular weight excluding hydrogens is 462 g/mol. The average molecular weight is 496 g/mol. The SMILES string of the molecule is NC(=O)NCCC[C@H](NC(=O)[C@H](CCCNC(N)=O)NC(=O)[C@@H](N)Cc1ccc(O)cc1)C(=O)O. The molecule has 0 spiro atoms. The Kier molecular flexibility index (Phi) is 12.4. The Morgan fingerprint density at radius 1 is 0.800 bits per heavy atom. The van der Waals surface area contributed by atoms with Crippen molar-refractivity contribution < 1.29 is 34.2 Å². The number of phenolic OH excluding ortho intramolecular Hbond substituents is 1. The zero-order valence-electron chi connectivity index (χ0n) is 19.2. The first-order valence-electron chi connectivity index (χ1n) is 10.9. The molecule has 0 radical (unpaired) electrons. The summed E-state index contributed by atoms with van der Waals surface area (Å²) in [7, 11) is 0. The van der Waals surface area contributed by atoms with Crippen molar-refractivity contribution >= 4 is 29.8 Å². The fourth-order valence-corrected chi connectivity index (χ4v) is 3.09. The smallest absolute Gasteiger partial charge is 0.326 e. The Hall–Kier alpha value is -4.07. The number of aromatic hydroxyl groups is 1. The number of hydrogen-bond donors (Lipinski definition) is 9. The van der Waals surface area contributed by atoms with E-state index in [1.165, 1.54) is 12.1 Å². The summed E-state index contributed by atoms with van der Waals surface area (Å²) in [6.07, 6.45) is 0.700. The normalized spacial score (nSPS) is 13.1. The van der Waals surface area contributed by atoms with Crippen LogP contribution in [0.5, 0.6) is 5.75 Å². The fourth-order valence-electron chi connectivity index (χ4n) is 3.09. The van der Waals surface area contributed by atoms with Gasteiger partial charge in [-0.1, -0.05) is 12.1 Å². The summed E-state index contributed by atoms with van der Waals surface area (Å²) in [5.74, 6) is -2.61. The summed E-state index contributed by atoms with van der Waals surface area (Å²) < 4.78 is 0. The van der Waals surface area contributed by atoms with Gasteiger partial charge in [-0.2, -0.15) is 0 Å². The number of urea groups is 2. The summed E-state index contributed by atoms with van der Waals surface area (Å²) in [6.45, 7) is 0.260. The van der Waals surface area contributed by atoms with Crippen LogP contribution in [0, 0.1) is 0 Å². The van der Waals surface area contributed by atoms with Crippen LogP contribution in [0.25, 0.3) is 0 Å². The number of nitrogens with one attached hydrogen (secondary N) is 4. The maximum Gasteiger partial charge on any atom is 0.326 e. The van der Waals surface area contributed by atoms with Gasteiger partial charge in [0.05, 0.1) is 6.04 Å². The molecule has 14 heteroatoms. The molecule has 0 saturated carbocycles. The predicted molar refractivity (Wildman–Crippen MR) is 125 cm³/mol. The summed E-state index contributed by atoms with van der Waals surface area (Å²) >= 11 is 0. The second-order valence-electron chi connectivity index (χ2n) is 7.80. The maximum atomic E-state index is 12.8. The Bertz CT molecular complexity index is 879. The first-order chi connectivity index (χ1) is 16.5. The molecule has 3 atom stereocenters. The van der Waals surface area contributed by atoms with Gasteiger partial charge in [-0.25, -0.2) is 14.4 Å². The Morgan fingerprint density at radius 2 is 1.29 bits per heavy atom. The zero-order chi connectivity index (χ0) is 26.4. The Labute approximate surface area is 202 Å². The van der Waals surface area contributed by atoms with Gasteiger partial charge in [0.15, 0.2) is 0 Å². The molecule has 0 fully saturated rings. The predicted octanol–water partition coefficient (Wildman–Crippen LogP) is -1.79. The van der Waals surface area contributed by atoms with Crippen LogP contribution in [0.4, 0.5) is 9.59 Å². The van der Waals surface area contributed by atoms with E-state index in [1.807, 2.05) is 0 Å². The van der Waals surface area contributed by atoms with Crippen molar-refractivity contribution in [2.75, 3.05) is 13.1 Å². The molecule has 0 aliphatic heterocycles. The second-order valence-corrected chi connectivity index (χ2v) is 7.80. The van der Waals surface area contributed by atoms with Crippen molar-refractivity contribution in [3.63, 3.8) is 0 Å². The van der Waals surface area contributed by atoms with Gasteiger partial charge in [-0.3, -0.25) is 9.59 Å². The molecule has 14 nitrogen and oxygen atoms in total. The Balaban J connectivity index is 2.79. The summed E-state index contributed by atoms with van der Waals surface area (Å²) in [6, 6.07) is 1.19. The van der Waals surface area contributed by atoms with Crippen molar-refractivity contribution in [3.8, 4) is 5.75 Å². The van der Waals surface area contributed by atoms with Crippen LogP contribution in [0.3, 0.4) is 0 Å². The van der Waals surface area contributed by atoms with E-state index >= 15 is 0 Å². The number of carboxylic acids is 1. The van der Waals surface area contributed by atoms with Crippen molar-refractivity contribution in [1.82, 2.24) is 21.3 Å². The van der Waals surface area contributed by atoms with Gasteiger partial charge < -0.3 is 48.7 Å². The van der Waals surface area contributed by atoms with Gasteiger partial charge in [0.25, 0.3) is 0 Å². The highest BCUT2D eigenvalue weighted by Gasteiger charge is 2.27. The molecule has 0 aliphatic rings. The monoisotopic (exact) mass is 495 g/mol. The number of phenols is 1. The molecule has 0 unspecified atom stereocenters. The summed E-state index contributed by atoms with van der Waals surface area (Å²) in [4.78, 5) is 58.6. The highest BCUT2D eigenvalue weighted by atomic mass is 16.4. The summed E-state index contributed by atoms with van der Waals surface area (Å²) in [5, 5.41) is 28.4. The number of carbonyl (C=O) groups is 5. The van der Waals surface area contributed by atoms with E-state index < -0.39 is 48.0 Å². The number of primary amides is 2. The zero-order valence-corrected chi connectivity index (χ0v) is 19.2. The first kappa shape index (κ1) is 29.0. The lowest BCUT2D eigenvalue weighted by Gasteiger charge is -2.23. The summed E-state index contributed by atoms with van der Waals surface area (Å²) in [5.41, 5.74) is 16.6. The van der Waals surface area contributed by atoms with Crippen LogP contribution in [0.2, 0.25) is 0 Å². The van der Waals surface area contributed by atoms with Gasteiger partial charge in [0.2, 0.25) is 11.8 Å². The molecule has 0 heterocycles. The van der Waals surface area contributed by atoms with E-state index in [2.05, 4.69) is 21.3 Å². The highest BCUT2D eigenvalue weighted by molar-refractivity contribution is 5.91. The van der Waals surface area contributed by atoms with E-state index in [0.29, 0.717) is 5.56 Å². The minimum atomic E-state index is -1.29. The van der Waals surface area contributed by atoms with E-state index in [0.717, 1.165) is 0 Å².